The van der Waals surface area contributed by atoms with E-state index in [0.717, 1.165) is 6.42 Å². The first kappa shape index (κ1) is 8.77. The first-order valence-corrected chi connectivity index (χ1v) is 3.89. The van der Waals surface area contributed by atoms with E-state index in [4.69, 9.17) is 5.73 Å². The molecule has 0 aliphatic carbocycles. The van der Waals surface area contributed by atoms with Gasteiger partial charge in [-0.05, 0) is 18.9 Å². The third kappa shape index (κ3) is 1.47. The smallest absolute Gasteiger partial charge is 0.246 e. The standard InChI is InChI=1S/C8H12N2O2/c1-2-7(11)10-5-3-4-6(10)8(9)12/h2,6H,1,3-5H2,(H2,9,12)/t6-/m0/s1. The first-order chi connectivity index (χ1) is 5.66. The van der Waals surface area contributed by atoms with E-state index in [1.54, 1.807) is 0 Å². The predicted octanol–water partition coefficient (Wildman–Crippen LogP) is -0.351. The zero-order valence-corrected chi connectivity index (χ0v) is 6.82. The van der Waals surface area contributed by atoms with Crippen molar-refractivity contribution in [3.63, 3.8) is 0 Å². The molecule has 1 fully saturated rings. The summed E-state index contributed by atoms with van der Waals surface area (Å²) >= 11 is 0. The van der Waals surface area contributed by atoms with Gasteiger partial charge in [0.05, 0.1) is 0 Å². The van der Waals surface area contributed by atoms with Crippen LogP contribution in [0, 0.1) is 0 Å². The lowest BCUT2D eigenvalue weighted by Gasteiger charge is -2.19. The van der Waals surface area contributed by atoms with E-state index in [2.05, 4.69) is 6.58 Å². The molecule has 1 rings (SSSR count). The van der Waals surface area contributed by atoms with Crippen LogP contribution in [0.2, 0.25) is 0 Å². The molecule has 1 heterocycles. The molecule has 1 aliphatic heterocycles. The van der Waals surface area contributed by atoms with E-state index in [-0.39, 0.29) is 5.91 Å². The largest absolute Gasteiger partial charge is 0.368 e. The number of hydrogen-bond acceptors (Lipinski definition) is 2. The van der Waals surface area contributed by atoms with Gasteiger partial charge in [0.15, 0.2) is 0 Å². The number of rotatable bonds is 2. The molecule has 0 bridgehead atoms. The second kappa shape index (κ2) is 3.38. The quantitative estimate of drug-likeness (QED) is 0.573. The van der Waals surface area contributed by atoms with Gasteiger partial charge in [0.1, 0.15) is 6.04 Å². The monoisotopic (exact) mass is 168 g/mol. The zero-order valence-electron chi connectivity index (χ0n) is 6.82. The minimum atomic E-state index is -0.428. The minimum absolute atomic E-state index is 0.212. The second-order valence-electron chi connectivity index (χ2n) is 2.80. The van der Waals surface area contributed by atoms with Crippen LogP contribution in [-0.2, 0) is 9.59 Å². The van der Waals surface area contributed by atoms with Gasteiger partial charge in [0.2, 0.25) is 11.8 Å². The van der Waals surface area contributed by atoms with Gasteiger partial charge in [-0.15, -0.1) is 0 Å². The summed E-state index contributed by atoms with van der Waals surface area (Å²) in [4.78, 5) is 23.4. The molecule has 1 atom stereocenters. The van der Waals surface area contributed by atoms with Crippen LogP contribution in [0.3, 0.4) is 0 Å². The molecule has 0 saturated carbocycles. The number of carbonyl (C=O) groups is 2. The highest BCUT2D eigenvalue weighted by Crippen LogP contribution is 2.16. The van der Waals surface area contributed by atoms with Crippen molar-refractivity contribution in [1.29, 1.82) is 0 Å². The van der Waals surface area contributed by atoms with Crippen LogP contribution in [0.4, 0.5) is 0 Å². The topological polar surface area (TPSA) is 63.4 Å². The highest BCUT2D eigenvalue weighted by molar-refractivity contribution is 5.92. The lowest BCUT2D eigenvalue weighted by molar-refractivity contribution is -0.133. The Bertz CT molecular complexity index is 225. The molecule has 0 radical (unpaired) electrons. The summed E-state index contributed by atoms with van der Waals surface area (Å²) in [5.41, 5.74) is 5.11. The number of hydrogen-bond donors (Lipinski definition) is 1. The summed E-state index contributed by atoms with van der Waals surface area (Å²) in [6.45, 7) is 3.97. The van der Waals surface area contributed by atoms with Crippen LogP contribution >= 0.6 is 0 Å². The average Bonchev–Trinajstić information content (AvgIpc) is 2.50. The Morgan fingerprint density at radius 1 is 1.58 bits per heavy atom. The summed E-state index contributed by atoms with van der Waals surface area (Å²) in [7, 11) is 0. The molecule has 1 aliphatic rings. The van der Waals surface area contributed by atoms with Crippen molar-refractivity contribution in [2.24, 2.45) is 5.73 Å². The molecule has 0 aromatic rings. The van der Waals surface area contributed by atoms with Gasteiger partial charge in [0, 0.05) is 6.54 Å². The minimum Gasteiger partial charge on any atom is -0.368 e. The third-order valence-electron chi connectivity index (χ3n) is 2.04. The fraction of sp³-hybridized carbons (Fsp3) is 0.500. The Kier molecular flexibility index (Phi) is 2.47. The fourth-order valence-corrected chi connectivity index (χ4v) is 1.44. The zero-order chi connectivity index (χ0) is 9.14. The third-order valence-corrected chi connectivity index (χ3v) is 2.04. The molecule has 0 unspecified atom stereocenters. The summed E-state index contributed by atoms with van der Waals surface area (Å²) in [5, 5.41) is 0. The maximum absolute atomic E-state index is 11.1. The Hall–Kier alpha value is -1.32. The van der Waals surface area contributed by atoms with Crippen molar-refractivity contribution in [1.82, 2.24) is 4.90 Å². The summed E-state index contributed by atoms with van der Waals surface area (Å²) in [6, 6.07) is -0.421. The van der Waals surface area contributed by atoms with Crippen molar-refractivity contribution in [3.05, 3.63) is 12.7 Å². The van der Waals surface area contributed by atoms with Gasteiger partial charge in [-0.2, -0.15) is 0 Å². The lowest BCUT2D eigenvalue weighted by Crippen LogP contribution is -2.42. The van der Waals surface area contributed by atoms with Crippen molar-refractivity contribution in [3.8, 4) is 0 Å². The Morgan fingerprint density at radius 3 is 2.75 bits per heavy atom. The molecular weight excluding hydrogens is 156 g/mol. The average molecular weight is 168 g/mol. The molecule has 0 spiro atoms. The van der Waals surface area contributed by atoms with E-state index in [9.17, 15) is 9.59 Å². The van der Waals surface area contributed by atoms with E-state index in [1.807, 2.05) is 0 Å². The van der Waals surface area contributed by atoms with Crippen molar-refractivity contribution >= 4 is 11.8 Å². The van der Waals surface area contributed by atoms with Crippen LogP contribution in [0.15, 0.2) is 12.7 Å². The highest BCUT2D eigenvalue weighted by Gasteiger charge is 2.30. The molecule has 4 heteroatoms. The molecular formula is C8H12N2O2. The summed E-state index contributed by atoms with van der Waals surface area (Å²) < 4.78 is 0. The maximum atomic E-state index is 11.1. The van der Waals surface area contributed by atoms with Crippen molar-refractivity contribution in [2.45, 2.75) is 18.9 Å². The van der Waals surface area contributed by atoms with E-state index < -0.39 is 11.9 Å². The fourth-order valence-electron chi connectivity index (χ4n) is 1.44. The van der Waals surface area contributed by atoms with Gasteiger partial charge in [-0.1, -0.05) is 6.58 Å². The van der Waals surface area contributed by atoms with E-state index in [1.165, 1.54) is 11.0 Å². The molecule has 2 amide bonds. The summed E-state index contributed by atoms with van der Waals surface area (Å²) in [5.74, 6) is -0.640. The van der Waals surface area contributed by atoms with Gasteiger partial charge in [0.25, 0.3) is 0 Å². The van der Waals surface area contributed by atoms with Gasteiger partial charge >= 0.3 is 0 Å². The normalized spacial score (nSPS) is 22.3. The molecule has 0 aromatic carbocycles. The number of nitrogens with two attached hydrogens (primary N) is 1. The number of nitrogens with zero attached hydrogens (tertiary/aromatic N) is 1. The predicted molar refractivity (Wildman–Crippen MR) is 44.1 cm³/mol. The van der Waals surface area contributed by atoms with Crippen LogP contribution in [0.25, 0.3) is 0 Å². The molecule has 2 N–H and O–H groups in total. The maximum Gasteiger partial charge on any atom is 0.246 e. The van der Waals surface area contributed by atoms with Crippen LogP contribution in [0.5, 0.6) is 0 Å². The van der Waals surface area contributed by atoms with Gasteiger partial charge < -0.3 is 10.6 Å². The Balaban J connectivity index is 2.69. The van der Waals surface area contributed by atoms with Crippen LogP contribution in [0.1, 0.15) is 12.8 Å². The van der Waals surface area contributed by atoms with E-state index in [0.29, 0.717) is 13.0 Å². The van der Waals surface area contributed by atoms with E-state index >= 15 is 0 Å². The Morgan fingerprint density at radius 2 is 2.25 bits per heavy atom. The lowest BCUT2D eigenvalue weighted by atomic mass is 10.2. The molecule has 1 saturated heterocycles. The number of primary amides is 1. The summed E-state index contributed by atoms with van der Waals surface area (Å²) in [6.07, 6.45) is 2.73. The second-order valence-corrected chi connectivity index (χ2v) is 2.80. The first-order valence-electron chi connectivity index (χ1n) is 3.89. The SMILES string of the molecule is C=CC(=O)N1CCC[C@H]1C(N)=O. The number of carbonyl (C=O) groups excluding carboxylic acids is 2. The number of likely N-dealkylation sites (tertiary alicyclic amines) is 1. The van der Waals surface area contributed by atoms with Gasteiger partial charge in [-0.25, -0.2) is 0 Å². The van der Waals surface area contributed by atoms with Crippen molar-refractivity contribution in [2.75, 3.05) is 6.54 Å². The highest BCUT2D eigenvalue weighted by atomic mass is 16.2. The molecule has 66 valence electrons. The number of amides is 2. The molecule has 4 nitrogen and oxygen atoms in total. The molecule has 12 heavy (non-hydrogen) atoms. The molecule has 0 aromatic heterocycles. The van der Waals surface area contributed by atoms with Gasteiger partial charge in [-0.3, -0.25) is 9.59 Å². The van der Waals surface area contributed by atoms with Crippen LogP contribution in [-0.4, -0.2) is 29.3 Å². The Labute approximate surface area is 71.0 Å². The van der Waals surface area contributed by atoms with Crippen LogP contribution < -0.4 is 5.73 Å². The van der Waals surface area contributed by atoms with Crippen molar-refractivity contribution < 1.29 is 9.59 Å².